The molecule has 0 radical (unpaired) electrons. The fourth-order valence-corrected chi connectivity index (χ4v) is 21.6. The van der Waals surface area contributed by atoms with Crippen LogP contribution in [0, 0.1) is 38.2 Å². The van der Waals surface area contributed by atoms with Crippen LogP contribution in [0.25, 0.3) is 83.9 Å². The average Bonchev–Trinajstić information content (AvgIpc) is 0.705. The van der Waals surface area contributed by atoms with Gasteiger partial charge in [0, 0.05) is 97.7 Å². The van der Waals surface area contributed by atoms with Gasteiger partial charge in [-0.3, -0.25) is 67.0 Å². The molecule has 0 spiro atoms. The van der Waals surface area contributed by atoms with Crippen LogP contribution in [0.1, 0.15) is 126 Å². The summed E-state index contributed by atoms with van der Waals surface area (Å²) in [6.45, 7) is 35.4. The normalized spacial score (nSPS) is 17.8. The Kier molecular flexibility index (Phi) is 27.2. The molecule has 12 aromatic rings. The van der Waals surface area contributed by atoms with Crippen molar-refractivity contribution in [3.63, 3.8) is 0 Å². The van der Waals surface area contributed by atoms with Gasteiger partial charge in [-0.2, -0.15) is 0 Å². The largest absolute Gasteiger partial charge is 0.397 e. The van der Waals surface area contributed by atoms with Gasteiger partial charge < -0.3 is 56.8 Å². The number of carbonyl (C=O) groups is 5. The number of aryl methyl sites for hydroxylation is 3. The van der Waals surface area contributed by atoms with Crippen molar-refractivity contribution < 1.29 is 37.1 Å². The molecular weight excluding hydrogens is 1960 g/mol. The van der Waals surface area contributed by atoms with Crippen LogP contribution >= 0.6 is 104 Å². The van der Waals surface area contributed by atoms with Crippen LogP contribution in [0.15, 0.2) is 126 Å². The van der Waals surface area contributed by atoms with Gasteiger partial charge in [0.05, 0.1) is 160 Å². The SMILES string of the molecule is C=CC(=O)N1CC2C(=O)N(C)c3c(c4cc(Cl)c(-c5c(N)c(Cl)cc(Cl)c5F)nc4n(-c4c(C)ccnc4C(C)C)c3=O)N2CC1C.C=CC(=O)N1CC2C(=O)Nc3c(c4cc(Cl)c(-c5c(N)c(Cl)cc(Cl)c5F)nc4n(-c4c(C)ccnc4C(C)C)c3=O)N2CC1C.C=CC(=O)N1CC2CCc3c(c4cc(Cl)c(-c5c(N)c(Cl)cc(Cl)c5F)nc4n(-c4c(C)ccnc4C(C)C)c3=O)N2CC1C. The first-order valence-corrected chi connectivity index (χ1v) is 47.4. The quantitative estimate of drug-likeness (QED) is 0.0501. The molecule has 0 aliphatic carbocycles. The summed E-state index contributed by atoms with van der Waals surface area (Å²) in [6, 6.07) is 11.3. The number of hydrogen-bond acceptors (Lipinski definition) is 20. The number of aromatic nitrogens is 9. The highest BCUT2D eigenvalue weighted by Crippen LogP contribution is 2.52. The lowest BCUT2D eigenvalue weighted by molar-refractivity contribution is -0.132. The number of rotatable bonds is 12. The fraction of sp³-hybridized carbons (Fsp3) is 0.306. The summed E-state index contributed by atoms with van der Waals surface area (Å²) in [5, 5.41) is 3.59. The molecule has 5 amide bonds. The molecule has 3 saturated heterocycles. The summed E-state index contributed by atoms with van der Waals surface area (Å²) in [6.07, 6.45) is 9.93. The van der Waals surface area contributed by atoms with Crippen molar-refractivity contribution in [1.82, 2.24) is 58.3 Å². The third-order valence-corrected chi connectivity index (χ3v) is 28.8. The molecule has 0 saturated carbocycles. The minimum atomic E-state index is -0.881. The lowest BCUT2D eigenvalue weighted by Crippen LogP contribution is -2.66. The topological polar surface area (TPSA) is 341 Å². The van der Waals surface area contributed by atoms with Crippen LogP contribution in [-0.2, 0) is 30.4 Å². The number of fused-ring (bicyclic) bond motifs is 15. The lowest BCUT2D eigenvalue weighted by atomic mass is 9.91. The molecule has 18 rings (SSSR count). The standard InChI is InChI=1S/C33H31Cl3FN7O3.C33H32Cl3FN6O2.C32H29Cl3FN7O3/c1-7-22(45)42-13-21-32(46)41(6)30-29(43(21)12-16(42)5)17-10-20(36)27(23-24(37)18(34)11-19(35)25(23)38)40-31(17)44(33(30)47)28-15(4)8-9-39-26(28)14(2)3;1-6-24(44)41-14-18-7-8-19-31(42(18)13-17(41)5)20-11-23(36)29(25-26(37)21(34)12-22(35)27(25)38)40-32(20)43(33(19)45)30-16(4)9-10-39-28(30)15(2)3;1-6-21(44)41-12-20-31(45)40-27-29(42(20)11-15(41)5)16-9-19(35)26(22-23(36)17(33)10-18(34)24(22)37)39-30(16)43(32(27)46)28-14(4)7-8-38-25(28)13(2)3/h7-11,14,16,21H,1,12-13,38H2,2-6H3;6,9-12,15,17-18H,1,7-8,13-14,38H2,2-5H3;6-10,13,15,20H,1,11-12,37H2,2-5H3,(H,40,45). The van der Waals surface area contributed by atoms with Crippen molar-refractivity contribution in [2.45, 2.75) is 150 Å². The van der Waals surface area contributed by atoms with E-state index in [4.69, 9.17) is 137 Å². The van der Waals surface area contributed by atoms with E-state index in [1.165, 1.54) is 57.5 Å². The second kappa shape index (κ2) is 37.9. The van der Waals surface area contributed by atoms with Crippen molar-refractivity contribution in [1.29, 1.82) is 0 Å². The number of benzene rings is 3. The van der Waals surface area contributed by atoms with E-state index in [1.807, 2.05) is 99.0 Å². The third kappa shape index (κ3) is 16.5. The van der Waals surface area contributed by atoms with Gasteiger partial charge in [-0.05, 0) is 162 Å². The number of nitrogens with zero attached hydrogens (tertiary/aromatic N) is 16. The van der Waals surface area contributed by atoms with Gasteiger partial charge in [0.25, 0.3) is 22.6 Å². The van der Waals surface area contributed by atoms with Crippen LogP contribution in [0.3, 0.4) is 0 Å². The van der Waals surface area contributed by atoms with Gasteiger partial charge in [-0.25, -0.2) is 28.1 Å². The van der Waals surface area contributed by atoms with E-state index >= 15 is 13.2 Å². The molecule has 6 atom stereocenters. The highest BCUT2D eigenvalue weighted by atomic mass is 35.5. The first kappa shape index (κ1) is 99.0. The molecule has 6 unspecified atom stereocenters. The van der Waals surface area contributed by atoms with Crippen LogP contribution in [0.5, 0.6) is 0 Å². The molecule has 40 heteroatoms. The zero-order chi connectivity index (χ0) is 100. The number of pyridine rings is 9. The van der Waals surface area contributed by atoms with Crippen LogP contribution in [-0.4, -0.2) is 170 Å². The summed E-state index contributed by atoms with van der Waals surface area (Å²) >= 11 is 58.1. The summed E-state index contributed by atoms with van der Waals surface area (Å²) in [5.41, 5.74) is 24.8. The van der Waals surface area contributed by atoms with Crippen molar-refractivity contribution in [2.24, 2.45) is 0 Å². The lowest BCUT2D eigenvalue weighted by Gasteiger charge is -2.49. The molecule has 3 fully saturated rings. The molecule has 716 valence electrons. The monoisotopic (exact) mass is 2050 g/mol. The Bertz CT molecular complexity index is 7450. The van der Waals surface area contributed by atoms with Gasteiger partial charge in [-0.15, -0.1) is 0 Å². The second-order valence-corrected chi connectivity index (χ2v) is 39.5. The molecule has 0 bridgehead atoms. The van der Waals surface area contributed by atoms with Gasteiger partial charge in [0.1, 0.15) is 29.1 Å². The average molecular weight is 2050 g/mol. The number of nitrogen functional groups attached to an aromatic ring is 3. The molecule has 28 nitrogen and oxygen atoms in total. The Labute approximate surface area is 835 Å². The van der Waals surface area contributed by atoms with Gasteiger partial charge in [0.15, 0.2) is 28.7 Å². The Morgan fingerprint density at radius 2 is 0.775 bits per heavy atom. The Morgan fingerprint density at radius 1 is 0.435 bits per heavy atom. The zero-order valence-corrected chi connectivity index (χ0v) is 83.6. The Hall–Kier alpha value is -12.0. The van der Waals surface area contributed by atoms with E-state index in [1.54, 1.807) is 68.2 Å². The van der Waals surface area contributed by atoms with Gasteiger partial charge >= 0.3 is 0 Å². The minimum Gasteiger partial charge on any atom is -0.397 e. The maximum Gasteiger partial charge on any atom is 0.283 e. The number of carbonyl (C=O) groups excluding carboxylic acids is 5. The van der Waals surface area contributed by atoms with Crippen molar-refractivity contribution in [3.05, 3.63) is 244 Å². The molecular formula is C98H92Cl9F3N20O8. The smallest absolute Gasteiger partial charge is 0.283 e. The van der Waals surface area contributed by atoms with Gasteiger partial charge in [0.2, 0.25) is 23.6 Å². The molecule has 15 heterocycles. The number of amides is 5. The maximum absolute atomic E-state index is 15.7. The summed E-state index contributed by atoms with van der Waals surface area (Å²) in [7, 11) is 1.53. The number of anilines is 8. The van der Waals surface area contributed by atoms with E-state index in [2.05, 4.69) is 44.9 Å². The summed E-state index contributed by atoms with van der Waals surface area (Å²) < 4.78 is 51.2. The third-order valence-electron chi connectivity index (χ3n) is 26.2. The fourth-order valence-electron chi connectivity index (χ4n) is 19.5. The van der Waals surface area contributed by atoms with E-state index < -0.39 is 46.6 Å². The zero-order valence-electron chi connectivity index (χ0n) is 76.8. The van der Waals surface area contributed by atoms with Crippen molar-refractivity contribution in [3.8, 4) is 50.8 Å². The molecule has 3 aromatic carbocycles. The van der Waals surface area contributed by atoms with E-state index in [9.17, 15) is 38.4 Å². The van der Waals surface area contributed by atoms with Gasteiger partial charge in [-0.1, -0.05) is 166 Å². The first-order valence-electron chi connectivity index (χ1n) is 44.0. The maximum atomic E-state index is 15.7. The highest BCUT2D eigenvalue weighted by molar-refractivity contribution is 6.41. The molecule has 6 aliphatic heterocycles. The molecule has 7 N–H and O–H groups in total. The minimum absolute atomic E-state index is 0.00104. The number of nitrogens with two attached hydrogens (primary N) is 3. The van der Waals surface area contributed by atoms with Crippen LogP contribution in [0.2, 0.25) is 45.2 Å². The predicted molar refractivity (Wildman–Crippen MR) is 544 cm³/mol. The van der Waals surface area contributed by atoms with E-state index in [-0.39, 0.29) is 222 Å². The molecule has 6 aliphatic rings. The number of hydrogen-bond donors (Lipinski definition) is 4. The summed E-state index contributed by atoms with van der Waals surface area (Å²) in [4.78, 5) is 150. The van der Waals surface area contributed by atoms with E-state index in [0.29, 0.717) is 104 Å². The Balaban J connectivity index is 0.000000150. The predicted octanol–water partition coefficient (Wildman–Crippen LogP) is 19.3. The Morgan fingerprint density at radius 3 is 1.16 bits per heavy atom. The molecule has 9 aromatic heterocycles. The number of nitrogens with one attached hydrogen (secondary N) is 1. The van der Waals surface area contributed by atoms with Crippen molar-refractivity contribution >= 4 is 213 Å². The summed E-state index contributed by atoms with van der Waals surface area (Å²) in [5.74, 6) is -4.39. The number of piperazine rings is 3. The molecule has 138 heavy (non-hydrogen) atoms. The van der Waals surface area contributed by atoms with Crippen LogP contribution < -0.4 is 58.8 Å². The van der Waals surface area contributed by atoms with Crippen LogP contribution in [0.4, 0.5) is 58.7 Å². The number of halogens is 12. The van der Waals surface area contributed by atoms with Crippen molar-refractivity contribution in [2.75, 3.05) is 88.4 Å². The highest BCUT2D eigenvalue weighted by Gasteiger charge is 2.49. The second-order valence-electron chi connectivity index (χ2n) is 35.8. The number of likely N-dealkylation sites (N-methyl/N-ethyl adjacent to an activating group) is 1. The first-order chi connectivity index (χ1) is 65.3. The van der Waals surface area contributed by atoms with E-state index in [0.717, 1.165) is 11.1 Å².